The molecule has 116 valence electrons. The standard InChI is InChI=1S/C22H17NS/c1-16-10-14-19(15-11-16)24-23-22-20-8-4-2-6-17(20)12-13-18-7-3-5-9-21(18)22/h2-15H,1H3. The van der Waals surface area contributed by atoms with Gasteiger partial charge in [-0.3, -0.25) is 0 Å². The van der Waals surface area contributed by atoms with Gasteiger partial charge in [0.15, 0.2) is 0 Å². The molecule has 24 heavy (non-hydrogen) atoms. The number of benzene rings is 3. The third-order valence-corrected chi connectivity index (χ3v) is 4.89. The van der Waals surface area contributed by atoms with Crippen molar-refractivity contribution in [3.63, 3.8) is 0 Å². The summed E-state index contributed by atoms with van der Waals surface area (Å²) in [6.07, 6.45) is 0. The average Bonchev–Trinajstić information content (AvgIpc) is 2.78. The van der Waals surface area contributed by atoms with Gasteiger partial charge >= 0.3 is 0 Å². The maximum absolute atomic E-state index is 4.92. The fraction of sp³-hybridized carbons (Fsp3) is 0.0455. The van der Waals surface area contributed by atoms with Crippen LogP contribution in [0.5, 0.6) is 0 Å². The average molecular weight is 327 g/mol. The Kier molecular flexibility index (Phi) is 4.06. The van der Waals surface area contributed by atoms with Crippen LogP contribution in [-0.2, 0) is 0 Å². The Morgan fingerprint density at radius 1 is 0.625 bits per heavy atom. The van der Waals surface area contributed by atoms with Gasteiger partial charge in [-0.25, -0.2) is 4.40 Å². The molecule has 0 aromatic heterocycles. The normalized spacial score (nSPS) is 10.9. The minimum atomic E-state index is 1.04. The Morgan fingerprint density at radius 2 is 1.17 bits per heavy atom. The van der Waals surface area contributed by atoms with E-state index in [0.29, 0.717) is 0 Å². The fourth-order valence-electron chi connectivity index (χ4n) is 2.84. The first-order valence-corrected chi connectivity index (χ1v) is 8.77. The summed E-state index contributed by atoms with van der Waals surface area (Å²) in [5.74, 6) is 0. The van der Waals surface area contributed by atoms with Gasteiger partial charge < -0.3 is 0 Å². The van der Waals surface area contributed by atoms with Crippen LogP contribution in [0.3, 0.4) is 0 Å². The van der Waals surface area contributed by atoms with Gasteiger partial charge in [-0.05, 0) is 29.8 Å². The number of rotatable bonds is 2. The van der Waals surface area contributed by atoms with Crippen LogP contribution in [0.2, 0.25) is 0 Å². The molecule has 0 N–H and O–H groups in total. The number of nitrogens with zero attached hydrogens (tertiary/aromatic N) is 1. The zero-order chi connectivity index (χ0) is 16.4. The van der Waals surface area contributed by atoms with Crippen molar-refractivity contribution in [2.24, 2.45) is 4.40 Å². The van der Waals surface area contributed by atoms with E-state index < -0.39 is 0 Å². The van der Waals surface area contributed by atoms with Crippen molar-refractivity contribution in [3.8, 4) is 0 Å². The van der Waals surface area contributed by atoms with Gasteiger partial charge in [0.2, 0.25) is 0 Å². The van der Waals surface area contributed by atoms with Crippen LogP contribution in [0.4, 0.5) is 0 Å². The summed E-state index contributed by atoms with van der Waals surface area (Å²) in [4.78, 5) is 1.15. The first-order valence-electron chi connectivity index (χ1n) is 8.00. The third kappa shape index (κ3) is 2.93. The van der Waals surface area contributed by atoms with E-state index in [1.807, 2.05) is 0 Å². The highest BCUT2D eigenvalue weighted by Crippen LogP contribution is 2.21. The van der Waals surface area contributed by atoms with Gasteiger partial charge in [-0.15, -0.1) is 0 Å². The second-order valence-electron chi connectivity index (χ2n) is 5.85. The molecule has 0 heterocycles. The summed E-state index contributed by atoms with van der Waals surface area (Å²) in [5.41, 5.74) is 1.27. The molecule has 4 rings (SSSR count). The fourth-order valence-corrected chi connectivity index (χ4v) is 3.49. The Morgan fingerprint density at radius 3 is 1.75 bits per heavy atom. The molecular weight excluding hydrogens is 310 g/mol. The van der Waals surface area contributed by atoms with Gasteiger partial charge in [0, 0.05) is 27.6 Å². The molecule has 4 aromatic rings. The Balaban J connectivity index is 2.00. The van der Waals surface area contributed by atoms with Crippen molar-refractivity contribution in [3.05, 3.63) is 95.8 Å². The highest BCUT2D eigenvalue weighted by Gasteiger charge is 2.01. The predicted octanol–water partition coefficient (Wildman–Crippen LogP) is 5.91. The minimum absolute atomic E-state index is 1.04. The van der Waals surface area contributed by atoms with E-state index in [1.54, 1.807) is 0 Å². The third-order valence-electron chi connectivity index (χ3n) is 4.14. The van der Waals surface area contributed by atoms with E-state index in [9.17, 15) is 0 Å². The molecule has 0 aliphatic heterocycles. The van der Waals surface area contributed by atoms with Crippen molar-refractivity contribution in [2.45, 2.75) is 11.8 Å². The lowest BCUT2D eigenvalue weighted by Crippen LogP contribution is -2.00. The van der Waals surface area contributed by atoms with Crippen molar-refractivity contribution >= 4 is 33.5 Å². The molecule has 0 saturated carbocycles. The molecule has 0 aliphatic carbocycles. The van der Waals surface area contributed by atoms with Crippen molar-refractivity contribution in [2.75, 3.05) is 0 Å². The van der Waals surface area contributed by atoms with Crippen LogP contribution in [0.15, 0.2) is 94.2 Å². The molecule has 0 unspecified atom stereocenters. The molecule has 0 fully saturated rings. The minimum Gasteiger partial charge on any atom is -0.210 e. The SMILES string of the molecule is Cc1ccc(SN=c2c3ccccc3ccc3ccccc23)cc1. The molecule has 0 bridgehead atoms. The van der Waals surface area contributed by atoms with E-state index in [-0.39, 0.29) is 0 Å². The molecule has 2 heteroatoms. The molecule has 0 saturated heterocycles. The quantitative estimate of drug-likeness (QED) is 0.417. The molecule has 0 spiro atoms. The van der Waals surface area contributed by atoms with E-state index in [4.69, 9.17) is 4.40 Å². The van der Waals surface area contributed by atoms with Gasteiger partial charge in [-0.2, -0.15) is 0 Å². The summed E-state index contributed by atoms with van der Waals surface area (Å²) in [5, 5.41) is 5.81. The number of hydrogen-bond acceptors (Lipinski definition) is 2. The van der Waals surface area contributed by atoms with Crippen molar-refractivity contribution < 1.29 is 0 Å². The van der Waals surface area contributed by atoms with Crippen LogP contribution in [-0.4, -0.2) is 0 Å². The predicted molar refractivity (Wildman–Crippen MR) is 104 cm³/mol. The van der Waals surface area contributed by atoms with Crippen LogP contribution in [0, 0.1) is 6.92 Å². The lowest BCUT2D eigenvalue weighted by atomic mass is 10.1. The van der Waals surface area contributed by atoms with Crippen LogP contribution in [0.1, 0.15) is 5.56 Å². The Hall–Kier alpha value is -2.58. The molecule has 0 amide bonds. The molecule has 1 nitrogen and oxygen atoms in total. The topological polar surface area (TPSA) is 12.4 Å². The van der Waals surface area contributed by atoms with Crippen LogP contribution in [0.25, 0.3) is 21.5 Å². The number of aryl methyl sites for hydroxylation is 1. The maximum atomic E-state index is 4.92. The first-order chi connectivity index (χ1) is 11.8. The smallest absolute Gasteiger partial charge is 0.0873 e. The van der Waals surface area contributed by atoms with E-state index >= 15 is 0 Å². The van der Waals surface area contributed by atoms with Crippen LogP contribution < -0.4 is 5.36 Å². The lowest BCUT2D eigenvalue weighted by molar-refractivity contribution is 1.37. The first kappa shape index (κ1) is 15.0. The van der Waals surface area contributed by atoms with Crippen molar-refractivity contribution in [1.82, 2.24) is 0 Å². The van der Waals surface area contributed by atoms with Gasteiger partial charge in [-0.1, -0.05) is 78.4 Å². The second kappa shape index (κ2) is 6.50. The highest BCUT2D eigenvalue weighted by atomic mass is 32.2. The summed E-state index contributed by atoms with van der Waals surface area (Å²) >= 11 is 1.53. The molecule has 0 aliphatic rings. The molecular formula is C22H17NS. The Labute approximate surface area is 145 Å². The second-order valence-corrected chi connectivity index (χ2v) is 6.69. The summed E-state index contributed by atoms with van der Waals surface area (Å²) in [6, 6.07) is 29.7. The maximum Gasteiger partial charge on any atom is 0.0873 e. The lowest BCUT2D eigenvalue weighted by Gasteiger charge is -1.99. The van der Waals surface area contributed by atoms with E-state index in [0.717, 1.165) is 10.3 Å². The van der Waals surface area contributed by atoms with Crippen LogP contribution >= 0.6 is 11.9 Å². The summed E-state index contributed by atoms with van der Waals surface area (Å²) < 4.78 is 4.92. The van der Waals surface area contributed by atoms with Gasteiger partial charge in [0.05, 0.1) is 5.36 Å². The molecule has 4 aromatic carbocycles. The van der Waals surface area contributed by atoms with Crippen molar-refractivity contribution in [1.29, 1.82) is 0 Å². The zero-order valence-electron chi connectivity index (χ0n) is 13.4. The van der Waals surface area contributed by atoms with E-state index in [2.05, 4.69) is 91.9 Å². The largest absolute Gasteiger partial charge is 0.210 e. The number of fused-ring (bicyclic) bond motifs is 2. The van der Waals surface area contributed by atoms with Gasteiger partial charge in [0.1, 0.15) is 0 Å². The summed E-state index contributed by atoms with van der Waals surface area (Å²) in [6.45, 7) is 2.10. The van der Waals surface area contributed by atoms with Gasteiger partial charge in [0.25, 0.3) is 0 Å². The zero-order valence-corrected chi connectivity index (χ0v) is 14.3. The molecule has 0 atom stereocenters. The highest BCUT2D eigenvalue weighted by molar-refractivity contribution is 7.98. The van der Waals surface area contributed by atoms with E-state index in [1.165, 1.54) is 39.1 Å². The summed E-state index contributed by atoms with van der Waals surface area (Å²) in [7, 11) is 0. The monoisotopic (exact) mass is 327 g/mol. The number of hydrogen-bond donors (Lipinski definition) is 0. The Bertz CT molecular complexity index is 1020. The molecule has 0 radical (unpaired) electrons.